The van der Waals surface area contributed by atoms with E-state index in [2.05, 4.69) is 10.6 Å². The van der Waals surface area contributed by atoms with E-state index in [-0.39, 0.29) is 11.5 Å². The van der Waals surface area contributed by atoms with Crippen LogP contribution in [0.2, 0.25) is 0 Å². The summed E-state index contributed by atoms with van der Waals surface area (Å²) < 4.78 is 38.8. The molecule has 8 heteroatoms. The average Bonchev–Trinajstić information content (AvgIpc) is 3.03. The molecule has 2 aliphatic rings. The molecule has 30 heavy (non-hydrogen) atoms. The number of hydrogen-bond donors (Lipinski definition) is 1. The number of nitrogens with zero attached hydrogens (tertiary/aromatic N) is 2. The van der Waals surface area contributed by atoms with Crippen LogP contribution >= 0.6 is 0 Å². The number of rotatable bonds is 3. The maximum atomic E-state index is 12.9. The number of carbonyl (C=O) groups is 2. The molecule has 1 atom stereocenters. The molecule has 157 valence electrons. The number of carbonyl (C=O) groups excluding carboxylic acids is 2. The Morgan fingerprint density at radius 2 is 1.80 bits per heavy atom. The second-order valence-electron chi connectivity index (χ2n) is 7.74. The maximum absolute atomic E-state index is 12.9. The van der Waals surface area contributed by atoms with Gasteiger partial charge in [0.1, 0.15) is 5.66 Å². The Balaban J connectivity index is 1.39. The third kappa shape index (κ3) is 4.18. The highest BCUT2D eigenvalue weighted by atomic mass is 19.4. The lowest BCUT2D eigenvalue weighted by molar-refractivity contribution is -0.137. The van der Waals surface area contributed by atoms with Gasteiger partial charge >= 0.3 is 6.18 Å². The Kier molecular flexibility index (Phi) is 5.27. The quantitative estimate of drug-likeness (QED) is 0.837. The molecule has 0 bridgehead atoms. The van der Waals surface area contributed by atoms with Crippen LogP contribution in [0.4, 0.5) is 13.2 Å². The molecule has 2 aromatic carbocycles. The Morgan fingerprint density at radius 3 is 2.47 bits per heavy atom. The predicted molar refractivity (Wildman–Crippen MR) is 104 cm³/mol. The van der Waals surface area contributed by atoms with Crippen LogP contribution in [-0.4, -0.2) is 41.5 Å². The molecule has 1 radical (unpaired) electrons. The number of alkyl halides is 3. The van der Waals surface area contributed by atoms with Crippen molar-refractivity contribution in [2.24, 2.45) is 0 Å². The van der Waals surface area contributed by atoms with Gasteiger partial charge in [-0.2, -0.15) is 13.2 Å². The number of halogens is 3. The van der Waals surface area contributed by atoms with Gasteiger partial charge in [0.15, 0.2) is 0 Å². The summed E-state index contributed by atoms with van der Waals surface area (Å²) in [5.74, 6) is -0.641. The number of hydrogen-bond acceptors (Lipinski definition) is 3. The van der Waals surface area contributed by atoms with E-state index in [0.717, 1.165) is 17.7 Å². The molecule has 2 aliphatic heterocycles. The van der Waals surface area contributed by atoms with Gasteiger partial charge in [-0.1, -0.05) is 36.4 Å². The van der Waals surface area contributed by atoms with Crippen LogP contribution in [0.15, 0.2) is 54.6 Å². The van der Waals surface area contributed by atoms with Crippen molar-refractivity contribution in [3.05, 3.63) is 71.3 Å². The van der Waals surface area contributed by atoms with Crippen LogP contribution in [0, 0.1) is 0 Å². The summed E-state index contributed by atoms with van der Waals surface area (Å²) >= 11 is 0. The minimum absolute atomic E-state index is 0.00938. The van der Waals surface area contributed by atoms with Crippen LogP contribution in [-0.2, 0) is 17.4 Å². The van der Waals surface area contributed by atoms with E-state index in [9.17, 15) is 22.8 Å². The fraction of sp³-hybridized carbons (Fsp3) is 0.364. The molecule has 1 unspecified atom stereocenters. The molecular weight excluding hydrogens is 395 g/mol. The van der Waals surface area contributed by atoms with Crippen molar-refractivity contribution in [1.82, 2.24) is 15.5 Å². The first-order chi connectivity index (χ1) is 14.3. The van der Waals surface area contributed by atoms with Crippen molar-refractivity contribution in [3.63, 3.8) is 0 Å². The molecule has 1 N–H and O–H groups in total. The molecule has 2 heterocycles. The van der Waals surface area contributed by atoms with Gasteiger partial charge in [-0.15, -0.1) is 0 Å². The summed E-state index contributed by atoms with van der Waals surface area (Å²) in [5, 5.41) is 7.66. The second kappa shape index (κ2) is 7.75. The third-order valence-electron chi connectivity index (χ3n) is 5.66. The van der Waals surface area contributed by atoms with Crippen LogP contribution in [0.25, 0.3) is 0 Å². The standard InChI is InChI=1S/C22H21F3N3O2/c23-22(24,25)17-8-4-7-16(14-17)20(30)28-11-9-21(10-12-28)26-18(19(29)27-21)13-15-5-2-1-3-6-15/h1-8,14,18,26H,9-13H2. The highest BCUT2D eigenvalue weighted by molar-refractivity contribution is 5.94. The van der Waals surface area contributed by atoms with Crippen molar-refractivity contribution in [1.29, 1.82) is 0 Å². The van der Waals surface area contributed by atoms with E-state index in [1.54, 1.807) is 0 Å². The van der Waals surface area contributed by atoms with Crippen LogP contribution < -0.4 is 10.6 Å². The topological polar surface area (TPSA) is 63.5 Å². The van der Waals surface area contributed by atoms with Crippen molar-refractivity contribution >= 4 is 11.8 Å². The SMILES string of the molecule is O=C1[N]C2(CCN(C(=O)c3cccc(C(F)(F)F)c3)CC2)NC1Cc1ccccc1. The zero-order chi connectivity index (χ0) is 21.4. The number of nitrogens with one attached hydrogen (secondary N) is 1. The summed E-state index contributed by atoms with van der Waals surface area (Å²) in [5.41, 5.74) is -0.507. The summed E-state index contributed by atoms with van der Waals surface area (Å²) in [4.78, 5) is 26.6. The van der Waals surface area contributed by atoms with E-state index in [4.69, 9.17) is 0 Å². The Labute approximate surface area is 172 Å². The van der Waals surface area contributed by atoms with E-state index in [1.807, 2.05) is 30.3 Å². The zero-order valence-corrected chi connectivity index (χ0v) is 16.2. The molecule has 5 nitrogen and oxygen atoms in total. The minimum atomic E-state index is -4.50. The van der Waals surface area contributed by atoms with E-state index in [1.165, 1.54) is 17.0 Å². The Morgan fingerprint density at radius 1 is 1.10 bits per heavy atom. The van der Waals surface area contributed by atoms with Crippen molar-refractivity contribution in [2.45, 2.75) is 37.1 Å². The lowest BCUT2D eigenvalue weighted by Gasteiger charge is -2.38. The number of benzene rings is 2. The van der Waals surface area contributed by atoms with Gasteiger partial charge in [-0.3, -0.25) is 14.9 Å². The zero-order valence-electron chi connectivity index (χ0n) is 16.2. The van der Waals surface area contributed by atoms with Gasteiger partial charge in [0, 0.05) is 31.5 Å². The van der Waals surface area contributed by atoms with E-state index < -0.39 is 29.4 Å². The smallest absolute Gasteiger partial charge is 0.338 e. The van der Waals surface area contributed by atoms with E-state index in [0.29, 0.717) is 32.4 Å². The average molecular weight is 416 g/mol. The maximum Gasteiger partial charge on any atom is 0.416 e. The van der Waals surface area contributed by atoms with Crippen LogP contribution in [0.5, 0.6) is 0 Å². The molecule has 2 amide bonds. The summed E-state index contributed by atoms with van der Waals surface area (Å²) in [6, 6.07) is 13.7. The molecule has 2 aromatic rings. The van der Waals surface area contributed by atoms with Crippen molar-refractivity contribution in [2.75, 3.05) is 13.1 Å². The normalized spacial score (nSPS) is 21.0. The van der Waals surface area contributed by atoms with Gasteiger partial charge in [-0.25, -0.2) is 5.32 Å². The van der Waals surface area contributed by atoms with Crippen molar-refractivity contribution in [3.8, 4) is 0 Å². The van der Waals surface area contributed by atoms with Gasteiger partial charge in [0.05, 0.1) is 11.6 Å². The van der Waals surface area contributed by atoms with Gasteiger partial charge in [0.2, 0.25) is 0 Å². The Hall–Kier alpha value is -2.87. The van der Waals surface area contributed by atoms with Crippen LogP contribution in [0.3, 0.4) is 0 Å². The van der Waals surface area contributed by atoms with Gasteiger partial charge in [0.25, 0.3) is 11.8 Å². The summed E-state index contributed by atoms with van der Waals surface area (Å²) in [7, 11) is 0. The highest BCUT2D eigenvalue weighted by Crippen LogP contribution is 2.31. The first-order valence-corrected chi connectivity index (χ1v) is 9.81. The summed E-state index contributed by atoms with van der Waals surface area (Å²) in [6.45, 7) is 0.633. The molecule has 4 rings (SSSR count). The molecule has 0 saturated carbocycles. The molecular formula is C22H21F3N3O2. The number of piperidine rings is 1. The number of likely N-dealkylation sites (tertiary alicyclic amines) is 1. The van der Waals surface area contributed by atoms with Gasteiger partial charge < -0.3 is 4.90 Å². The lowest BCUT2D eigenvalue weighted by Crippen LogP contribution is -2.56. The fourth-order valence-corrected chi connectivity index (χ4v) is 4.04. The van der Waals surface area contributed by atoms with Crippen molar-refractivity contribution < 1.29 is 22.8 Å². The fourth-order valence-electron chi connectivity index (χ4n) is 4.04. The highest BCUT2D eigenvalue weighted by Gasteiger charge is 2.47. The lowest BCUT2D eigenvalue weighted by atomic mass is 9.96. The number of amides is 2. The Bertz CT molecular complexity index is 938. The predicted octanol–water partition coefficient (Wildman–Crippen LogP) is 2.98. The summed E-state index contributed by atoms with van der Waals surface area (Å²) in [6.07, 6.45) is -3.08. The van der Waals surface area contributed by atoms with Gasteiger partial charge in [-0.05, 0) is 30.2 Å². The minimum Gasteiger partial charge on any atom is -0.338 e. The molecule has 0 aliphatic carbocycles. The largest absolute Gasteiger partial charge is 0.416 e. The molecule has 2 fully saturated rings. The van der Waals surface area contributed by atoms with E-state index >= 15 is 0 Å². The monoisotopic (exact) mass is 416 g/mol. The molecule has 2 saturated heterocycles. The third-order valence-corrected chi connectivity index (χ3v) is 5.66. The second-order valence-corrected chi connectivity index (χ2v) is 7.74. The van der Waals surface area contributed by atoms with Crippen LogP contribution in [0.1, 0.15) is 34.3 Å². The first kappa shape index (κ1) is 20.4. The molecule has 0 aromatic heterocycles. The molecule has 1 spiro atoms. The first-order valence-electron chi connectivity index (χ1n) is 9.81.